The number of benzene rings is 1. The molecule has 1 N–H and O–H groups in total. The number of amides is 1. The van der Waals surface area contributed by atoms with Gasteiger partial charge in [-0.3, -0.25) is 4.79 Å². The van der Waals surface area contributed by atoms with Crippen molar-refractivity contribution in [1.29, 1.82) is 0 Å². The van der Waals surface area contributed by atoms with E-state index in [-0.39, 0.29) is 12.5 Å². The fraction of sp³-hybridized carbons (Fsp3) is 0.250. The minimum Gasteiger partial charge on any atom is -0.375 e. The molecule has 0 unspecified atom stereocenters. The van der Waals surface area contributed by atoms with E-state index in [1.54, 1.807) is 11.0 Å². The van der Waals surface area contributed by atoms with Crippen LogP contribution < -0.4 is 5.32 Å². The van der Waals surface area contributed by atoms with Crippen LogP contribution in [0.25, 0.3) is 0 Å². The Labute approximate surface area is 99.7 Å². The van der Waals surface area contributed by atoms with Crippen LogP contribution in [-0.2, 0) is 4.79 Å². The van der Waals surface area contributed by atoms with Crippen molar-refractivity contribution < 1.29 is 4.79 Å². The normalized spacial score (nSPS) is 14.2. The quantitative estimate of drug-likeness (QED) is 0.816. The summed E-state index contributed by atoms with van der Waals surface area (Å²) < 4.78 is 0. The summed E-state index contributed by atoms with van der Waals surface area (Å²) in [7, 11) is 0. The van der Waals surface area contributed by atoms with Crippen molar-refractivity contribution in [3.8, 4) is 0 Å². The van der Waals surface area contributed by atoms with Crippen LogP contribution in [0.4, 0.5) is 5.69 Å². The van der Waals surface area contributed by atoms with E-state index in [9.17, 15) is 4.79 Å². The predicted octanol–water partition coefficient (Wildman–Crippen LogP) is 2.15. The zero-order chi connectivity index (χ0) is 11.4. The molecule has 0 spiro atoms. The van der Waals surface area contributed by atoms with Gasteiger partial charge in [-0.25, -0.2) is 0 Å². The van der Waals surface area contributed by atoms with E-state index < -0.39 is 0 Å². The lowest BCUT2D eigenvalue weighted by Crippen LogP contribution is -2.33. The number of halogens is 1. The smallest absolute Gasteiger partial charge is 0.242 e. The topological polar surface area (TPSA) is 32.3 Å². The molecule has 0 atom stereocenters. The first-order valence-electron chi connectivity index (χ1n) is 5.18. The first-order valence-corrected chi connectivity index (χ1v) is 5.56. The van der Waals surface area contributed by atoms with Crippen molar-refractivity contribution >= 4 is 23.2 Å². The Morgan fingerprint density at radius 2 is 2.00 bits per heavy atom. The Balaban J connectivity index is 1.87. The van der Waals surface area contributed by atoms with E-state index >= 15 is 0 Å². The van der Waals surface area contributed by atoms with E-state index in [0.29, 0.717) is 18.1 Å². The maximum absolute atomic E-state index is 11.7. The van der Waals surface area contributed by atoms with Gasteiger partial charge in [-0.15, -0.1) is 0 Å². The van der Waals surface area contributed by atoms with Crippen LogP contribution in [-0.4, -0.2) is 30.4 Å². The molecule has 16 heavy (non-hydrogen) atoms. The molecule has 0 aliphatic carbocycles. The fourth-order valence-corrected chi connectivity index (χ4v) is 1.77. The maximum Gasteiger partial charge on any atom is 0.242 e. The highest BCUT2D eigenvalue weighted by molar-refractivity contribution is 6.33. The molecule has 2 rings (SSSR count). The molecule has 1 amide bonds. The van der Waals surface area contributed by atoms with Crippen LogP contribution >= 0.6 is 11.6 Å². The minimum absolute atomic E-state index is 0.0879. The van der Waals surface area contributed by atoms with Gasteiger partial charge in [0, 0.05) is 13.1 Å². The summed E-state index contributed by atoms with van der Waals surface area (Å²) in [5.41, 5.74) is 0.796. The van der Waals surface area contributed by atoms with E-state index in [2.05, 4.69) is 5.32 Å². The van der Waals surface area contributed by atoms with Gasteiger partial charge in [0.1, 0.15) is 0 Å². The Kier molecular flexibility index (Phi) is 3.47. The minimum atomic E-state index is 0.0879. The van der Waals surface area contributed by atoms with E-state index in [0.717, 1.165) is 5.69 Å². The molecule has 0 aromatic heterocycles. The lowest BCUT2D eigenvalue weighted by atomic mass is 10.3. The van der Waals surface area contributed by atoms with Gasteiger partial charge in [0.15, 0.2) is 0 Å². The summed E-state index contributed by atoms with van der Waals surface area (Å²) in [4.78, 5) is 13.5. The van der Waals surface area contributed by atoms with Crippen molar-refractivity contribution in [1.82, 2.24) is 4.90 Å². The summed E-state index contributed by atoms with van der Waals surface area (Å²) >= 11 is 5.97. The summed E-state index contributed by atoms with van der Waals surface area (Å²) in [6.07, 6.45) is 3.99. The van der Waals surface area contributed by atoms with Crippen LogP contribution in [0.5, 0.6) is 0 Å². The lowest BCUT2D eigenvalue weighted by Gasteiger charge is -2.16. The highest BCUT2D eigenvalue weighted by atomic mass is 35.5. The van der Waals surface area contributed by atoms with Crippen LogP contribution in [0.2, 0.25) is 5.02 Å². The molecular formula is C12H13ClN2O. The Bertz CT molecular complexity index is 409. The molecule has 1 aliphatic heterocycles. The van der Waals surface area contributed by atoms with Crippen molar-refractivity contribution in [2.75, 3.05) is 25.0 Å². The fourth-order valence-electron chi connectivity index (χ4n) is 1.57. The highest BCUT2D eigenvalue weighted by Crippen LogP contribution is 2.20. The zero-order valence-corrected chi connectivity index (χ0v) is 9.57. The number of carbonyl (C=O) groups is 1. The number of para-hydroxylation sites is 1. The first kappa shape index (κ1) is 11.0. The molecule has 4 heteroatoms. The molecule has 1 aliphatic rings. The van der Waals surface area contributed by atoms with Crippen LogP contribution in [0.3, 0.4) is 0 Å². The Morgan fingerprint density at radius 1 is 1.31 bits per heavy atom. The molecule has 3 nitrogen and oxygen atoms in total. The van der Waals surface area contributed by atoms with E-state index in [4.69, 9.17) is 11.6 Å². The third-order valence-corrected chi connectivity index (χ3v) is 2.80. The summed E-state index contributed by atoms with van der Waals surface area (Å²) in [5.74, 6) is 0.0879. The number of nitrogens with one attached hydrogen (secondary N) is 1. The first-order chi connectivity index (χ1) is 7.77. The molecule has 1 heterocycles. The molecule has 0 bridgehead atoms. The molecular weight excluding hydrogens is 224 g/mol. The van der Waals surface area contributed by atoms with Crippen molar-refractivity contribution in [3.05, 3.63) is 41.4 Å². The maximum atomic E-state index is 11.7. The number of anilines is 1. The largest absolute Gasteiger partial charge is 0.375 e. The molecule has 0 fully saturated rings. The van der Waals surface area contributed by atoms with Crippen molar-refractivity contribution in [2.24, 2.45) is 0 Å². The van der Waals surface area contributed by atoms with Gasteiger partial charge in [-0.1, -0.05) is 35.9 Å². The Morgan fingerprint density at radius 3 is 2.69 bits per heavy atom. The van der Waals surface area contributed by atoms with Gasteiger partial charge >= 0.3 is 0 Å². The molecule has 1 aromatic carbocycles. The second kappa shape index (κ2) is 5.03. The van der Waals surface area contributed by atoms with E-state index in [1.165, 1.54) is 0 Å². The predicted molar refractivity (Wildman–Crippen MR) is 65.7 cm³/mol. The van der Waals surface area contributed by atoms with Crippen LogP contribution in [0.15, 0.2) is 36.4 Å². The van der Waals surface area contributed by atoms with Gasteiger partial charge < -0.3 is 10.2 Å². The second-order valence-corrected chi connectivity index (χ2v) is 4.01. The molecule has 84 valence electrons. The standard InChI is InChI=1S/C12H13ClN2O/c13-10-5-1-2-6-11(10)14-9-12(16)15-7-3-4-8-15/h1-6,14H,7-9H2. The number of rotatable bonds is 3. The van der Waals surface area contributed by atoms with Gasteiger partial charge in [-0.2, -0.15) is 0 Å². The van der Waals surface area contributed by atoms with Crippen molar-refractivity contribution in [2.45, 2.75) is 0 Å². The van der Waals surface area contributed by atoms with Gasteiger partial charge in [0.05, 0.1) is 17.3 Å². The molecule has 1 aromatic rings. The average molecular weight is 237 g/mol. The van der Waals surface area contributed by atoms with Gasteiger partial charge in [-0.05, 0) is 12.1 Å². The zero-order valence-electron chi connectivity index (χ0n) is 8.82. The van der Waals surface area contributed by atoms with E-state index in [1.807, 2.05) is 30.4 Å². The summed E-state index contributed by atoms with van der Waals surface area (Å²) in [6, 6.07) is 7.40. The average Bonchev–Trinajstić information content (AvgIpc) is 2.81. The SMILES string of the molecule is O=C(CNc1ccccc1Cl)N1CC=CC1. The summed E-state index contributed by atoms with van der Waals surface area (Å²) in [5, 5.41) is 3.67. The van der Waals surface area contributed by atoms with Gasteiger partial charge in [0.25, 0.3) is 0 Å². The number of hydrogen-bond donors (Lipinski definition) is 1. The third-order valence-electron chi connectivity index (χ3n) is 2.47. The van der Waals surface area contributed by atoms with Gasteiger partial charge in [0.2, 0.25) is 5.91 Å². The molecule has 0 saturated carbocycles. The number of carbonyl (C=O) groups excluding carboxylic acids is 1. The van der Waals surface area contributed by atoms with Crippen molar-refractivity contribution in [3.63, 3.8) is 0 Å². The van der Waals surface area contributed by atoms with Crippen LogP contribution in [0, 0.1) is 0 Å². The number of hydrogen-bond acceptors (Lipinski definition) is 2. The Hall–Kier alpha value is -1.48. The second-order valence-electron chi connectivity index (χ2n) is 3.60. The number of nitrogens with zero attached hydrogens (tertiary/aromatic N) is 1. The lowest BCUT2D eigenvalue weighted by molar-refractivity contribution is -0.127. The summed E-state index contributed by atoms with van der Waals surface area (Å²) in [6.45, 7) is 1.71. The highest BCUT2D eigenvalue weighted by Gasteiger charge is 2.13. The third kappa shape index (κ3) is 2.55. The monoisotopic (exact) mass is 236 g/mol. The molecule has 0 radical (unpaired) electrons. The molecule has 0 saturated heterocycles. The van der Waals surface area contributed by atoms with Crippen LogP contribution in [0.1, 0.15) is 0 Å².